The molecule has 0 bridgehead atoms. The molecule has 0 saturated heterocycles. The van der Waals surface area contributed by atoms with E-state index < -0.39 is 17.4 Å². The lowest BCUT2D eigenvalue weighted by molar-refractivity contribution is -0.150. The molecule has 1 rings (SSSR count). The van der Waals surface area contributed by atoms with Gasteiger partial charge in [0.05, 0.1) is 32.8 Å². The number of hydrogen-bond donors (Lipinski definition) is 0. The van der Waals surface area contributed by atoms with Crippen LogP contribution in [0.5, 0.6) is 0 Å². The van der Waals surface area contributed by atoms with Gasteiger partial charge in [-0.3, -0.25) is 14.7 Å². The summed E-state index contributed by atoms with van der Waals surface area (Å²) >= 11 is 0. The maximum atomic E-state index is 12.4. The third-order valence-corrected chi connectivity index (χ3v) is 5.21. The predicted octanol–water partition coefficient (Wildman–Crippen LogP) is 3.73. The molecule has 0 fully saturated rings. The highest BCUT2D eigenvalue weighted by Gasteiger charge is 2.23. The number of nitrogens with zero attached hydrogens (tertiary/aromatic N) is 2. The third kappa shape index (κ3) is 15.6. The molecule has 37 heavy (non-hydrogen) atoms. The van der Waals surface area contributed by atoms with Crippen molar-refractivity contribution in [2.45, 2.75) is 47.1 Å². The number of hydrogen-bond acceptors (Lipinski definition) is 9. The van der Waals surface area contributed by atoms with Crippen LogP contribution in [-0.4, -0.2) is 73.9 Å². The van der Waals surface area contributed by atoms with Crippen LogP contribution in [0.25, 0.3) is 0 Å². The lowest BCUT2D eigenvalue weighted by Gasteiger charge is -2.25. The zero-order valence-electron chi connectivity index (χ0n) is 22.7. The molecule has 1 heterocycles. The van der Waals surface area contributed by atoms with E-state index >= 15 is 0 Å². The molecule has 0 aliphatic heterocycles. The molecule has 0 saturated carbocycles. The molecule has 0 atom stereocenters. The molecule has 0 radical (unpaired) electrons. The van der Waals surface area contributed by atoms with Crippen molar-refractivity contribution in [2.24, 2.45) is 10.8 Å². The minimum absolute atomic E-state index is 0.132. The zero-order chi connectivity index (χ0) is 27.7. The van der Waals surface area contributed by atoms with E-state index in [0.717, 1.165) is 30.7 Å². The lowest BCUT2D eigenvalue weighted by Crippen LogP contribution is -2.31. The second-order valence-corrected chi connectivity index (χ2v) is 10.4. The Hall–Kier alpha value is -3.04. The van der Waals surface area contributed by atoms with Crippen LogP contribution in [0.1, 0.15) is 46.1 Å². The molecule has 9 nitrogen and oxygen atoms in total. The maximum absolute atomic E-state index is 12.4. The number of aromatic nitrogens is 1. The number of rotatable bonds is 19. The van der Waals surface area contributed by atoms with E-state index in [1.807, 2.05) is 39.8 Å². The van der Waals surface area contributed by atoms with E-state index in [4.69, 9.17) is 18.9 Å². The van der Waals surface area contributed by atoms with Gasteiger partial charge in [-0.15, -0.1) is 0 Å². The molecule has 1 aromatic heterocycles. The molecule has 0 amide bonds. The zero-order valence-corrected chi connectivity index (χ0v) is 22.7. The van der Waals surface area contributed by atoms with E-state index in [2.05, 4.69) is 23.0 Å². The summed E-state index contributed by atoms with van der Waals surface area (Å²) in [6.07, 6.45) is 6.74. The number of carbonyl (C=O) groups is 3. The highest BCUT2D eigenvalue weighted by Crippen LogP contribution is 2.18. The Morgan fingerprint density at radius 3 is 1.97 bits per heavy atom. The van der Waals surface area contributed by atoms with E-state index in [1.165, 1.54) is 0 Å². The Morgan fingerprint density at radius 2 is 1.41 bits per heavy atom. The van der Waals surface area contributed by atoms with Gasteiger partial charge in [-0.1, -0.05) is 40.9 Å². The smallest absolute Gasteiger partial charge is 0.330 e. The Kier molecular flexibility index (Phi) is 14.4. The largest absolute Gasteiger partial charge is 0.465 e. The van der Waals surface area contributed by atoms with Crippen LogP contribution in [0.3, 0.4) is 0 Å². The van der Waals surface area contributed by atoms with Gasteiger partial charge in [0.25, 0.3) is 0 Å². The molecule has 9 heteroatoms. The van der Waals surface area contributed by atoms with Crippen molar-refractivity contribution in [3.8, 4) is 0 Å². The minimum Gasteiger partial charge on any atom is -0.465 e. The first kappa shape index (κ1) is 32.0. The van der Waals surface area contributed by atoms with Gasteiger partial charge in [0.15, 0.2) is 0 Å². The van der Waals surface area contributed by atoms with Crippen LogP contribution in [0, 0.1) is 10.8 Å². The van der Waals surface area contributed by atoms with Crippen molar-refractivity contribution in [3.05, 3.63) is 55.4 Å². The Morgan fingerprint density at radius 1 is 0.865 bits per heavy atom. The van der Waals surface area contributed by atoms with Gasteiger partial charge in [0.1, 0.15) is 0 Å². The fourth-order valence-corrected chi connectivity index (χ4v) is 3.09. The molecule has 0 spiro atoms. The van der Waals surface area contributed by atoms with Gasteiger partial charge in [-0.05, 0) is 24.1 Å². The monoisotopic (exact) mass is 518 g/mol. The van der Waals surface area contributed by atoms with Crippen molar-refractivity contribution < 1.29 is 33.3 Å². The maximum Gasteiger partial charge on any atom is 0.330 e. The normalized spacial score (nSPS) is 11.6. The van der Waals surface area contributed by atoms with Gasteiger partial charge in [0, 0.05) is 61.6 Å². The van der Waals surface area contributed by atoms with Crippen LogP contribution < -0.4 is 0 Å². The highest BCUT2D eigenvalue weighted by atomic mass is 16.5. The van der Waals surface area contributed by atoms with Gasteiger partial charge in [-0.25, -0.2) is 9.59 Å². The van der Waals surface area contributed by atoms with E-state index in [1.54, 1.807) is 12.4 Å². The van der Waals surface area contributed by atoms with Gasteiger partial charge >= 0.3 is 17.9 Å². The van der Waals surface area contributed by atoms with Crippen LogP contribution in [-0.2, 0) is 39.9 Å². The molecule has 0 N–H and O–H groups in total. The van der Waals surface area contributed by atoms with Crippen molar-refractivity contribution in [1.82, 2.24) is 9.88 Å². The van der Waals surface area contributed by atoms with E-state index in [9.17, 15) is 14.4 Å². The first-order valence-corrected chi connectivity index (χ1v) is 12.4. The third-order valence-electron chi connectivity index (χ3n) is 5.21. The van der Waals surface area contributed by atoms with Crippen LogP contribution in [0.15, 0.2) is 49.8 Å². The van der Waals surface area contributed by atoms with Crippen LogP contribution in [0.2, 0.25) is 0 Å². The predicted molar refractivity (Wildman–Crippen MR) is 140 cm³/mol. The molecule has 0 aliphatic carbocycles. The van der Waals surface area contributed by atoms with Gasteiger partial charge in [-0.2, -0.15) is 0 Å². The van der Waals surface area contributed by atoms with E-state index in [-0.39, 0.29) is 37.6 Å². The van der Waals surface area contributed by atoms with E-state index in [0.29, 0.717) is 26.3 Å². The Balaban J connectivity index is 2.48. The standard InChI is InChI=1S/C28H42N2O7/c1-7-24(31)35-20-27(3,4)19-34-17-9-15-30(18-23-10-13-29-14-11-23)16-12-26(33)37-22-28(5,6)21-36-25(32)8-2/h7-8,10-11,13-14H,1-2,9,12,15-22H2,3-6H3. The first-order chi connectivity index (χ1) is 17.5. The Bertz CT molecular complexity index is 869. The number of esters is 3. The molecule has 0 aliphatic rings. The fourth-order valence-electron chi connectivity index (χ4n) is 3.09. The summed E-state index contributed by atoms with van der Waals surface area (Å²) in [4.78, 5) is 41.2. The molecular formula is C28H42N2O7. The second-order valence-electron chi connectivity index (χ2n) is 10.4. The minimum atomic E-state index is -0.505. The number of ether oxygens (including phenoxy) is 4. The molecule has 0 aromatic carbocycles. The average molecular weight is 519 g/mol. The quantitative estimate of drug-likeness (QED) is 0.117. The summed E-state index contributed by atoms with van der Waals surface area (Å²) in [5, 5.41) is 0. The highest BCUT2D eigenvalue weighted by molar-refractivity contribution is 5.81. The fraction of sp³-hybridized carbons (Fsp3) is 0.571. The summed E-state index contributed by atoms with van der Waals surface area (Å²) in [6, 6.07) is 3.89. The number of pyridine rings is 1. The van der Waals surface area contributed by atoms with Crippen molar-refractivity contribution >= 4 is 17.9 Å². The summed E-state index contributed by atoms with van der Waals surface area (Å²) in [5.74, 6) is -1.26. The second kappa shape index (κ2) is 16.7. The van der Waals surface area contributed by atoms with Crippen LogP contribution in [0.4, 0.5) is 0 Å². The van der Waals surface area contributed by atoms with Crippen molar-refractivity contribution in [2.75, 3.05) is 46.1 Å². The average Bonchev–Trinajstić information content (AvgIpc) is 2.88. The SMILES string of the molecule is C=CC(=O)OCC(C)(C)COCCCN(CCC(=O)OCC(C)(C)COC(=O)C=C)Cc1ccncc1. The molecule has 0 unspecified atom stereocenters. The van der Waals surface area contributed by atoms with Gasteiger partial charge in [0.2, 0.25) is 0 Å². The first-order valence-electron chi connectivity index (χ1n) is 12.4. The van der Waals surface area contributed by atoms with Crippen molar-refractivity contribution in [3.63, 3.8) is 0 Å². The Labute approximate surface area is 220 Å². The molecule has 1 aromatic rings. The summed E-state index contributed by atoms with van der Waals surface area (Å²) in [5.41, 5.74) is 0.288. The molecular weight excluding hydrogens is 476 g/mol. The lowest BCUT2D eigenvalue weighted by atomic mass is 9.96. The van der Waals surface area contributed by atoms with Gasteiger partial charge < -0.3 is 18.9 Å². The van der Waals surface area contributed by atoms with Crippen LogP contribution >= 0.6 is 0 Å². The topological polar surface area (TPSA) is 104 Å². The molecule has 206 valence electrons. The summed E-state index contributed by atoms with van der Waals surface area (Å²) in [6.45, 7) is 17.8. The van der Waals surface area contributed by atoms with Crippen molar-refractivity contribution in [1.29, 1.82) is 0 Å². The summed E-state index contributed by atoms with van der Waals surface area (Å²) in [7, 11) is 0. The summed E-state index contributed by atoms with van der Waals surface area (Å²) < 4.78 is 21.5. The number of carbonyl (C=O) groups excluding carboxylic acids is 3.